The highest BCUT2D eigenvalue weighted by Crippen LogP contribution is 2.36. The maximum Gasteiger partial charge on any atom is 0.138 e. The number of imidazole rings is 1. The van der Waals surface area contributed by atoms with E-state index in [1.807, 2.05) is 74.5 Å². The van der Waals surface area contributed by atoms with Crippen molar-refractivity contribution >= 4 is 0 Å². The molecule has 3 aromatic carbocycles. The molecule has 5 nitrogen and oxygen atoms in total. The molecule has 2 N–H and O–H groups in total. The molecule has 0 aliphatic carbocycles. The molecule has 152 valence electrons. The van der Waals surface area contributed by atoms with Crippen LogP contribution in [0.4, 0.5) is 0 Å². The molecule has 0 saturated heterocycles. The molecular weight excluding hydrogens is 376 g/mol. The Labute approximate surface area is 176 Å². The van der Waals surface area contributed by atoms with Gasteiger partial charge in [0.15, 0.2) is 0 Å². The number of methoxy groups -OCH3 is 2. The van der Waals surface area contributed by atoms with Crippen LogP contribution < -0.4 is 9.47 Å². The summed E-state index contributed by atoms with van der Waals surface area (Å²) in [5, 5.41) is 10.1. The van der Waals surface area contributed by atoms with Crippen molar-refractivity contribution in [2.75, 3.05) is 14.2 Å². The molecule has 0 aliphatic rings. The van der Waals surface area contributed by atoms with Gasteiger partial charge in [-0.15, -0.1) is 0 Å². The number of phenols is 1. The Bertz CT molecular complexity index is 1090. The van der Waals surface area contributed by atoms with Crippen LogP contribution in [-0.2, 0) is 0 Å². The highest BCUT2D eigenvalue weighted by Gasteiger charge is 2.17. The third-order valence-electron chi connectivity index (χ3n) is 5.21. The summed E-state index contributed by atoms with van der Waals surface area (Å²) in [6, 6.07) is 19.6. The van der Waals surface area contributed by atoms with Gasteiger partial charge >= 0.3 is 0 Å². The van der Waals surface area contributed by atoms with Gasteiger partial charge in [0.1, 0.15) is 23.1 Å². The number of aryl methyl sites for hydroxylation is 2. The van der Waals surface area contributed by atoms with Crippen molar-refractivity contribution in [2.24, 2.45) is 0 Å². The Hall–Kier alpha value is -3.73. The zero-order valence-corrected chi connectivity index (χ0v) is 17.5. The van der Waals surface area contributed by atoms with Gasteiger partial charge in [-0.05, 0) is 85.6 Å². The molecule has 0 radical (unpaired) electrons. The fraction of sp³-hybridized carbons (Fsp3) is 0.160. The lowest BCUT2D eigenvalue weighted by atomic mass is 10.0. The number of hydrogen-bond donors (Lipinski definition) is 2. The van der Waals surface area contributed by atoms with Crippen LogP contribution in [-0.4, -0.2) is 29.3 Å². The predicted octanol–water partition coefficient (Wildman–Crippen LogP) is 5.75. The van der Waals surface area contributed by atoms with E-state index in [0.717, 1.165) is 56.5 Å². The van der Waals surface area contributed by atoms with Gasteiger partial charge in [0.2, 0.25) is 0 Å². The largest absolute Gasteiger partial charge is 0.507 e. The topological polar surface area (TPSA) is 67.4 Å². The summed E-state index contributed by atoms with van der Waals surface area (Å²) in [5.74, 6) is 2.66. The molecule has 0 saturated carbocycles. The van der Waals surface area contributed by atoms with Gasteiger partial charge in [0.25, 0.3) is 0 Å². The van der Waals surface area contributed by atoms with E-state index in [4.69, 9.17) is 14.5 Å². The summed E-state index contributed by atoms with van der Waals surface area (Å²) < 4.78 is 10.6. The molecule has 0 aliphatic heterocycles. The van der Waals surface area contributed by atoms with Crippen molar-refractivity contribution in [3.8, 4) is 51.2 Å². The molecule has 0 atom stereocenters. The van der Waals surface area contributed by atoms with E-state index in [-0.39, 0.29) is 0 Å². The summed E-state index contributed by atoms with van der Waals surface area (Å²) in [6.45, 7) is 3.78. The van der Waals surface area contributed by atoms with Crippen molar-refractivity contribution < 1.29 is 14.6 Å². The zero-order valence-electron chi connectivity index (χ0n) is 17.5. The number of benzene rings is 3. The molecule has 5 heteroatoms. The van der Waals surface area contributed by atoms with Crippen LogP contribution in [0.15, 0.2) is 60.7 Å². The van der Waals surface area contributed by atoms with E-state index in [0.29, 0.717) is 5.75 Å². The number of phenolic OH excluding ortho intramolecular Hbond substituents is 1. The quantitative estimate of drug-likeness (QED) is 0.448. The molecule has 0 amide bonds. The summed E-state index contributed by atoms with van der Waals surface area (Å²) in [6.07, 6.45) is 0. The Morgan fingerprint density at radius 2 is 1.23 bits per heavy atom. The number of H-pyrrole nitrogens is 1. The minimum absolute atomic E-state index is 0.316. The smallest absolute Gasteiger partial charge is 0.138 e. The number of nitrogens with zero attached hydrogens (tertiary/aromatic N) is 1. The van der Waals surface area contributed by atoms with Crippen LogP contribution in [0.3, 0.4) is 0 Å². The number of rotatable bonds is 5. The lowest BCUT2D eigenvalue weighted by molar-refractivity contribution is 0.414. The van der Waals surface area contributed by atoms with Gasteiger partial charge in [-0.1, -0.05) is 0 Å². The predicted molar refractivity (Wildman–Crippen MR) is 119 cm³/mol. The first-order valence-corrected chi connectivity index (χ1v) is 9.69. The molecule has 4 rings (SSSR count). The fourth-order valence-electron chi connectivity index (χ4n) is 3.53. The third-order valence-corrected chi connectivity index (χ3v) is 5.21. The van der Waals surface area contributed by atoms with Gasteiger partial charge in [-0.2, -0.15) is 0 Å². The second kappa shape index (κ2) is 7.95. The standard InChI is InChI=1S/C25H24N2O3/c1-15-13-19(14-16(2)24(15)28)25-26-22(17-5-9-20(29-3)10-6-17)23(27-25)18-7-11-21(30-4)12-8-18/h5-14,28H,1-4H3,(H,26,27). The molecule has 1 aromatic heterocycles. The second-order valence-electron chi connectivity index (χ2n) is 7.22. The first-order chi connectivity index (χ1) is 14.5. The first-order valence-electron chi connectivity index (χ1n) is 9.69. The van der Waals surface area contributed by atoms with E-state index < -0.39 is 0 Å². The van der Waals surface area contributed by atoms with Crippen molar-refractivity contribution in [1.29, 1.82) is 0 Å². The summed E-state index contributed by atoms with van der Waals surface area (Å²) in [5.41, 5.74) is 6.32. The molecule has 0 unspecified atom stereocenters. The molecule has 4 aromatic rings. The number of aromatic nitrogens is 2. The number of hydrogen-bond acceptors (Lipinski definition) is 4. The Morgan fingerprint density at radius 3 is 1.73 bits per heavy atom. The van der Waals surface area contributed by atoms with Crippen LogP contribution in [0.5, 0.6) is 17.2 Å². The Balaban J connectivity index is 1.88. The van der Waals surface area contributed by atoms with Gasteiger partial charge < -0.3 is 19.6 Å². The summed E-state index contributed by atoms with van der Waals surface area (Å²) in [7, 11) is 3.31. The highest BCUT2D eigenvalue weighted by atomic mass is 16.5. The molecule has 1 heterocycles. The first kappa shape index (κ1) is 19.6. The lowest BCUT2D eigenvalue weighted by Crippen LogP contribution is -1.87. The summed E-state index contributed by atoms with van der Waals surface area (Å²) in [4.78, 5) is 8.42. The summed E-state index contributed by atoms with van der Waals surface area (Å²) >= 11 is 0. The van der Waals surface area contributed by atoms with E-state index in [2.05, 4.69) is 4.98 Å². The SMILES string of the molecule is COc1ccc(-c2nc(-c3cc(C)c(O)c(C)c3)[nH]c2-c2ccc(OC)cc2)cc1. The molecule has 0 bridgehead atoms. The van der Waals surface area contributed by atoms with Gasteiger partial charge in [0, 0.05) is 16.7 Å². The van der Waals surface area contributed by atoms with Crippen LogP contribution in [0.25, 0.3) is 33.9 Å². The maximum absolute atomic E-state index is 10.1. The molecule has 0 spiro atoms. The normalized spacial score (nSPS) is 10.8. The number of aromatic amines is 1. The van der Waals surface area contributed by atoms with Crippen LogP contribution in [0.1, 0.15) is 11.1 Å². The lowest BCUT2D eigenvalue weighted by Gasteiger charge is -2.06. The van der Waals surface area contributed by atoms with Crippen molar-refractivity contribution in [2.45, 2.75) is 13.8 Å². The zero-order chi connectivity index (χ0) is 21.3. The average Bonchev–Trinajstić information content (AvgIpc) is 3.22. The number of nitrogens with one attached hydrogen (secondary N) is 1. The third kappa shape index (κ3) is 3.62. The fourth-order valence-corrected chi connectivity index (χ4v) is 3.53. The molecular formula is C25H24N2O3. The van der Waals surface area contributed by atoms with Crippen molar-refractivity contribution in [3.05, 3.63) is 71.8 Å². The van der Waals surface area contributed by atoms with Crippen LogP contribution >= 0.6 is 0 Å². The minimum atomic E-state index is 0.316. The number of ether oxygens (including phenoxy) is 2. The maximum atomic E-state index is 10.1. The Kier molecular flexibility index (Phi) is 5.19. The van der Waals surface area contributed by atoms with E-state index in [9.17, 15) is 5.11 Å². The average molecular weight is 400 g/mol. The molecule has 0 fully saturated rings. The van der Waals surface area contributed by atoms with Gasteiger partial charge in [-0.3, -0.25) is 0 Å². The van der Waals surface area contributed by atoms with Crippen molar-refractivity contribution in [1.82, 2.24) is 9.97 Å². The number of aromatic hydroxyl groups is 1. The van der Waals surface area contributed by atoms with E-state index in [1.165, 1.54) is 0 Å². The van der Waals surface area contributed by atoms with E-state index >= 15 is 0 Å². The van der Waals surface area contributed by atoms with Crippen LogP contribution in [0, 0.1) is 13.8 Å². The molecule has 30 heavy (non-hydrogen) atoms. The second-order valence-corrected chi connectivity index (χ2v) is 7.22. The van der Waals surface area contributed by atoms with Crippen molar-refractivity contribution in [3.63, 3.8) is 0 Å². The monoisotopic (exact) mass is 400 g/mol. The van der Waals surface area contributed by atoms with E-state index in [1.54, 1.807) is 14.2 Å². The minimum Gasteiger partial charge on any atom is -0.507 e. The van der Waals surface area contributed by atoms with Gasteiger partial charge in [0.05, 0.1) is 25.6 Å². The van der Waals surface area contributed by atoms with Crippen LogP contribution in [0.2, 0.25) is 0 Å². The highest BCUT2D eigenvalue weighted by molar-refractivity contribution is 5.82. The Morgan fingerprint density at radius 1 is 0.733 bits per heavy atom. The van der Waals surface area contributed by atoms with Gasteiger partial charge in [-0.25, -0.2) is 4.98 Å².